The lowest BCUT2D eigenvalue weighted by atomic mass is 9.81. The van der Waals surface area contributed by atoms with Gasteiger partial charge in [0.15, 0.2) is 5.78 Å². The molecule has 0 aromatic rings. The van der Waals surface area contributed by atoms with Crippen LogP contribution in [-0.4, -0.2) is 31.6 Å². The molecule has 1 N–H and O–H groups in total. The second-order valence-electron chi connectivity index (χ2n) is 4.05. The summed E-state index contributed by atoms with van der Waals surface area (Å²) in [6.45, 7) is 2.14. The van der Waals surface area contributed by atoms with Gasteiger partial charge >= 0.3 is 0 Å². The predicted molar refractivity (Wildman–Crippen MR) is 49.6 cm³/mol. The van der Waals surface area contributed by atoms with E-state index in [2.05, 4.69) is 5.32 Å². The van der Waals surface area contributed by atoms with E-state index in [1.165, 1.54) is 19.3 Å². The predicted octanol–water partition coefficient (Wildman–Crippen LogP) is 0.734. The van der Waals surface area contributed by atoms with Crippen LogP contribution in [0.1, 0.15) is 25.7 Å². The molecule has 1 saturated carbocycles. The summed E-state index contributed by atoms with van der Waals surface area (Å²) in [5.41, 5.74) is 0. The van der Waals surface area contributed by atoms with Crippen LogP contribution < -0.4 is 5.32 Å². The number of hydrogen-bond donors (Lipinski definition) is 1. The molecule has 2 fully saturated rings. The summed E-state index contributed by atoms with van der Waals surface area (Å²) < 4.78 is 5.25. The van der Waals surface area contributed by atoms with Crippen LogP contribution in [0.15, 0.2) is 0 Å². The Bertz CT molecular complexity index is 183. The minimum absolute atomic E-state index is 0.0191. The van der Waals surface area contributed by atoms with Crippen LogP contribution in [0.25, 0.3) is 0 Å². The molecule has 74 valence electrons. The quantitative estimate of drug-likeness (QED) is 0.701. The number of ketones is 1. The van der Waals surface area contributed by atoms with Gasteiger partial charge < -0.3 is 10.1 Å². The zero-order valence-electron chi connectivity index (χ0n) is 7.92. The van der Waals surface area contributed by atoms with Crippen LogP contribution in [0.3, 0.4) is 0 Å². The minimum atomic E-state index is -0.0191. The Morgan fingerprint density at radius 1 is 1.46 bits per heavy atom. The second-order valence-corrected chi connectivity index (χ2v) is 4.05. The van der Waals surface area contributed by atoms with Gasteiger partial charge in [-0.15, -0.1) is 0 Å². The fraction of sp³-hybridized carbons (Fsp3) is 0.900. The van der Waals surface area contributed by atoms with Crippen molar-refractivity contribution in [3.8, 4) is 0 Å². The van der Waals surface area contributed by atoms with E-state index in [0.717, 1.165) is 19.6 Å². The molecular formula is C10H17NO2. The lowest BCUT2D eigenvalue weighted by molar-refractivity contribution is -0.125. The van der Waals surface area contributed by atoms with Crippen molar-refractivity contribution >= 4 is 5.78 Å². The fourth-order valence-corrected chi connectivity index (χ4v) is 1.90. The number of carbonyl (C=O) groups excluding carboxylic acids is 1. The maximum atomic E-state index is 11.7. The van der Waals surface area contributed by atoms with Crippen LogP contribution in [0.2, 0.25) is 0 Å². The van der Waals surface area contributed by atoms with Gasteiger partial charge in [-0.1, -0.05) is 19.3 Å². The van der Waals surface area contributed by atoms with Gasteiger partial charge in [-0.2, -0.15) is 0 Å². The molecule has 1 heterocycles. The third-order valence-electron chi connectivity index (χ3n) is 3.02. The molecule has 2 rings (SSSR count). The topological polar surface area (TPSA) is 38.3 Å². The van der Waals surface area contributed by atoms with Crippen molar-refractivity contribution in [2.75, 3.05) is 19.8 Å². The minimum Gasteiger partial charge on any atom is -0.378 e. The molecule has 0 radical (unpaired) electrons. The van der Waals surface area contributed by atoms with E-state index in [1.54, 1.807) is 0 Å². The number of Topliss-reactive ketones (excluding diaryl/α,β-unsaturated/α-hetero) is 1. The van der Waals surface area contributed by atoms with Gasteiger partial charge in [-0.25, -0.2) is 0 Å². The number of ether oxygens (including phenoxy) is 1. The summed E-state index contributed by atoms with van der Waals surface area (Å²) in [5, 5.41) is 3.20. The van der Waals surface area contributed by atoms with E-state index in [9.17, 15) is 4.79 Å². The van der Waals surface area contributed by atoms with Gasteiger partial charge in [0, 0.05) is 13.0 Å². The maximum Gasteiger partial charge on any atom is 0.152 e. The van der Waals surface area contributed by atoms with Crippen molar-refractivity contribution in [2.45, 2.75) is 31.7 Å². The zero-order valence-corrected chi connectivity index (χ0v) is 7.92. The largest absolute Gasteiger partial charge is 0.378 e. The average Bonchev–Trinajstić information content (AvgIpc) is 2.12. The molecule has 1 saturated heterocycles. The van der Waals surface area contributed by atoms with Crippen molar-refractivity contribution in [1.82, 2.24) is 5.32 Å². The van der Waals surface area contributed by atoms with E-state index < -0.39 is 0 Å². The number of nitrogens with one attached hydrogen (secondary N) is 1. The van der Waals surface area contributed by atoms with Gasteiger partial charge in [0.1, 0.15) is 0 Å². The van der Waals surface area contributed by atoms with Crippen LogP contribution in [0, 0.1) is 5.92 Å². The summed E-state index contributed by atoms with van der Waals surface area (Å²) in [5.74, 6) is 1.03. The van der Waals surface area contributed by atoms with Crippen LogP contribution in [0.5, 0.6) is 0 Å². The monoisotopic (exact) mass is 183 g/mol. The lowest BCUT2D eigenvalue weighted by Gasteiger charge is -2.28. The molecule has 3 heteroatoms. The number of rotatable bonds is 3. The molecule has 1 aliphatic carbocycles. The summed E-state index contributed by atoms with van der Waals surface area (Å²) in [6, 6.07) is -0.0191. The first kappa shape index (κ1) is 9.16. The number of morpholine rings is 1. The Kier molecular flexibility index (Phi) is 2.96. The van der Waals surface area contributed by atoms with E-state index >= 15 is 0 Å². The first-order chi connectivity index (χ1) is 6.36. The Morgan fingerprint density at radius 3 is 2.85 bits per heavy atom. The van der Waals surface area contributed by atoms with Crippen LogP contribution >= 0.6 is 0 Å². The molecule has 1 atom stereocenters. The first-order valence-electron chi connectivity index (χ1n) is 5.20. The van der Waals surface area contributed by atoms with Gasteiger partial charge in [-0.3, -0.25) is 4.79 Å². The summed E-state index contributed by atoms with van der Waals surface area (Å²) in [6.07, 6.45) is 4.58. The summed E-state index contributed by atoms with van der Waals surface area (Å²) in [4.78, 5) is 11.7. The normalized spacial score (nSPS) is 29.7. The molecule has 0 spiro atoms. The molecule has 2 aliphatic rings. The zero-order chi connectivity index (χ0) is 9.10. The van der Waals surface area contributed by atoms with Gasteiger partial charge in [0.2, 0.25) is 0 Å². The highest BCUT2D eigenvalue weighted by Gasteiger charge is 2.26. The fourth-order valence-electron chi connectivity index (χ4n) is 1.90. The van der Waals surface area contributed by atoms with Gasteiger partial charge in [0.25, 0.3) is 0 Å². The maximum absolute atomic E-state index is 11.7. The van der Waals surface area contributed by atoms with E-state index in [1.807, 2.05) is 0 Å². The first-order valence-corrected chi connectivity index (χ1v) is 5.20. The molecular weight excluding hydrogens is 166 g/mol. The SMILES string of the molecule is O=C(CC1CCC1)C1COCCN1. The van der Waals surface area contributed by atoms with Gasteiger partial charge in [0.05, 0.1) is 19.3 Å². The highest BCUT2D eigenvalue weighted by Crippen LogP contribution is 2.29. The van der Waals surface area contributed by atoms with Crippen LogP contribution in [0.4, 0.5) is 0 Å². The van der Waals surface area contributed by atoms with Crippen molar-refractivity contribution in [2.24, 2.45) is 5.92 Å². The third-order valence-corrected chi connectivity index (χ3v) is 3.02. The van der Waals surface area contributed by atoms with Crippen molar-refractivity contribution in [3.63, 3.8) is 0 Å². The molecule has 1 aliphatic heterocycles. The Labute approximate surface area is 78.8 Å². The third kappa shape index (κ3) is 2.29. The molecule has 13 heavy (non-hydrogen) atoms. The van der Waals surface area contributed by atoms with Gasteiger partial charge in [-0.05, 0) is 5.92 Å². The van der Waals surface area contributed by atoms with Crippen LogP contribution in [-0.2, 0) is 9.53 Å². The molecule has 0 aromatic carbocycles. The van der Waals surface area contributed by atoms with Crippen molar-refractivity contribution in [1.29, 1.82) is 0 Å². The molecule has 0 aromatic heterocycles. The molecule has 0 bridgehead atoms. The molecule has 0 amide bonds. The standard InChI is InChI=1S/C10H17NO2/c12-10(6-8-2-1-3-8)9-7-13-5-4-11-9/h8-9,11H,1-7H2. The number of carbonyl (C=O) groups is 1. The highest BCUT2D eigenvalue weighted by molar-refractivity contribution is 5.84. The molecule has 1 unspecified atom stereocenters. The summed E-state index contributed by atoms with van der Waals surface area (Å²) in [7, 11) is 0. The van der Waals surface area contributed by atoms with Crippen molar-refractivity contribution < 1.29 is 9.53 Å². The average molecular weight is 183 g/mol. The van der Waals surface area contributed by atoms with E-state index in [-0.39, 0.29) is 6.04 Å². The highest BCUT2D eigenvalue weighted by atomic mass is 16.5. The Hall–Kier alpha value is -0.410. The Morgan fingerprint density at radius 2 is 2.31 bits per heavy atom. The number of hydrogen-bond acceptors (Lipinski definition) is 3. The smallest absolute Gasteiger partial charge is 0.152 e. The second kappa shape index (κ2) is 4.20. The Balaban J connectivity index is 1.74. The summed E-state index contributed by atoms with van der Waals surface area (Å²) >= 11 is 0. The van der Waals surface area contributed by atoms with E-state index in [0.29, 0.717) is 18.3 Å². The lowest BCUT2D eigenvalue weighted by Crippen LogP contribution is -2.47. The molecule has 3 nitrogen and oxygen atoms in total. The van der Waals surface area contributed by atoms with Crippen molar-refractivity contribution in [3.05, 3.63) is 0 Å². The van der Waals surface area contributed by atoms with E-state index in [4.69, 9.17) is 4.74 Å².